The molecule has 0 heterocycles. The van der Waals surface area contributed by atoms with E-state index in [-0.39, 0.29) is 39.1 Å². The topological polar surface area (TPSA) is 108 Å². The summed E-state index contributed by atoms with van der Waals surface area (Å²) in [6.07, 6.45) is 12.6. The molecule has 6 rings (SSSR count). The molecule has 7 heteroatoms. The van der Waals surface area contributed by atoms with Crippen LogP contribution in [-0.4, -0.2) is 41.6 Å². The lowest BCUT2D eigenvalue weighted by atomic mass is 9.33. The number of benzene rings is 1. The van der Waals surface area contributed by atoms with E-state index in [0.717, 1.165) is 37.7 Å². The lowest BCUT2D eigenvalue weighted by Crippen LogP contribution is -2.68. The van der Waals surface area contributed by atoms with Crippen molar-refractivity contribution in [3.05, 3.63) is 53.6 Å². The van der Waals surface area contributed by atoms with E-state index in [1.165, 1.54) is 43.8 Å². The van der Waals surface area contributed by atoms with Crippen molar-refractivity contribution in [1.29, 1.82) is 0 Å². The van der Waals surface area contributed by atoms with Crippen LogP contribution in [0.3, 0.4) is 0 Å². The Morgan fingerprint density at radius 1 is 0.833 bits per heavy atom. The fourth-order valence-electron chi connectivity index (χ4n) is 12.9. The Morgan fingerprint density at radius 3 is 2.17 bits per heavy atom. The summed E-state index contributed by atoms with van der Waals surface area (Å²) in [7, 11) is 0. The Bertz CT molecular complexity index is 1510. The van der Waals surface area contributed by atoms with Gasteiger partial charge in [-0.3, -0.25) is 4.79 Å². The quantitative estimate of drug-likeness (QED) is 0.175. The molecule has 262 valence electrons. The van der Waals surface area contributed by atoms with Gasteiger partial charge in [0.25, 0.3) is 0 Å². The molecule has 1 aromatic rings. The van der Waals surface area contributed by atoms with Crippen LogP contribution in [0.5, 0.6) is 0 Å². The van der Waals surface area contributed by atoms with Crippen LogP contribution in [0.4, 0.5) is 4.79 Å². The number of hydrogen-bond donors (Lipinski definition) is 4. The van der Waals surface area contributed by atoms with E-state index >= 15 is 0 Å². The van der Waals surface area contributed by atoms with Crippen molar-refractivity contribution in [2.24, 2.45) is 51.2 Å². The number of nitrogens with one attached hydrogen (secondary N) is 3. The summed E-state index contributed by atoms with van der Waals surface area (Å²) in [4.78, 5) is 36.2. The van der Waals surface area contributed by atoms with E-state index in [1.54, 1.807) is 12.1 Å². The first-order valence-corrected chi connectivity index (χ1v) is 18.5. The lowest BCUT2D eigenvalue weighted by molar-refractivity contribution is -0.218. The Kier molecular flexibility index (Phi) is 8.73. The smallest absolute Gasteiger partial charge is 0.335 e. The first-order valence-electron chi connectivity index (χ1n) is 18.5. The molecule has 0 saturated heterocycles. The molecular weight excluding hydrogens is 598 g/mol. The van der Waals surface area contributed by atoms with Crippen molar-refractivity contribution in [3.63, 3.8) is 0 Å². The number of amides is 3. The number of carboxylic acids is 1. The monoisotopic (exact) mass is 657 g/mol. The Morgan fingerprint density at radius 2 is 1.52 bits per heavy atom. The predicted molar refractivity (Wildman–Crippen MR) is 191 cm³/mol. The summed E-state index contributed by atoms with van der Waals surface area (Å²) in [5, 5.41) is 18.8. The highest BCUT2D eigenvalue weighted by Gasteiger charge is 2.70. The third-order valence-corrected chi connectivity index (χ3v) is 15.2. The van der Waals surface area contributed by atoms with E-state index in [9.17, 15) is 19.5 Å². The van der Waals surface area contributed by atoms with Gasteiger partial charge in [-0.05, 0) is 139 Å². The number of fused-ring (bicyclic) bond motifs is 7. The molecule has 4 saturated carbocycles. The van der Waals surface area contributed by atoms with Gasteiger partial charge < -0.3 is 21.1 Å². The molecule has 5 aliphatic carbocycles. The lowest BCUT2D eigenvalue weighted by Gasteiger charge is -2.72. The summed E-state index contributed by atoms with van der Waals surface area (Å²) < 4.78 is 0. The minimum absolute atomic E-state index is 0.0216. The van der Waals surface area contributed by atoms with E-state index in [2.05, 4.69) is 70.1 Å². The second kappa shape index (κ2) is 12.1. The van der Waals surface area contributed by atoms with Crippen LogP contribution in [0.1, 0.15) is 122 Å². The molecule has 0 radical (unpaired) electrons. The number of urea groups is 1. The van der Waals surface area contributed by atoms with Gasteiger partial charge in [-0.15, -0.1) is 0 Å². The Balaban J connectivity index is 1.28. The summed E-state index contributed by atoms with van der Waals surface area (Å²) >= 11 is 0. The third-order valence-electron chi connectivity index (χ3n) is 15.2. The van der Waals surface area contributed by atoms with Gasteiger partial charge in [0.1, 0.15) is 0 Å². The molecule has 0 spiro atoms. The largest absolute Gasteiger partial charge is 0.478 e. The van der Waals surface area contributed by atoms with E-state index < -0.39 is 5.97 Å². The maximum atomic E-state index is 13.3. The van der Waals surface area contributed by atoms with E-state index in [4.69, 9.17) is 0 Å². The molecule has 0 bridgehead atoms. The van der Waals surface area contributed by atoms with Gasteiger partial charge in [0.15, 0.2) is 0 Å². The van der Waals surface area contributed by atoms with Crippen LogP contribution in [-0.2, 0) is 4.79 Å². The highest BCUT2D eigenvalue weighted by molar-refractivity contribution is 5.88. The first-order chi connectivity index (χ1) is 22.5. The van der Waals surface area contributed by atoms with Gasteiger partial charge in [0.2, 0.25) is 5.91 Å². The second-order valence-corrected chi connectivity index (χ2v) is 17.6. The third kappa shape index (κ3) is 5.24. The molecule has 7 nitrogen and oxygen atoms in total. The zero-order valence-electron chi connectivity index (χ0n) is 30.4. The maximum Gasteiger partial charge on any atom is 0.335 e. The van der Waals surface area contributed by atoms with Crippen LogP contribution in [0.15, 0.2) is 42.5 Å². The number of allylic oxidation sites excluding steroid dienone is 3. The maximum absolute atomic E-state index is 13.3. The summed E-state index contributed by atoms with van der Waals surface area (Å²) in [5.41, 5.74) is 4.40. The number of carboxylic acid groups (broad SMARTS) is 1. The Hall–Kier alpha value is -3.09. The highest BCUT2D eigenvalue weighted by atomic mass is 16.4. The Labute approximate surface area is 288 Å². The fraction of sp³-hybridized carbons (Fsp3) is 0.683. The standard InChI is InChI=1S/C41H59N3O4/c1-25(2)29-15-20-41(44-36(48)43-24-23-42-26(3)45)22-21-39(7)31(34(29)41)13-14-33-38(6)18-16-30(27-9-11-28(12-10-27)35(46)47)37(4,5)32(38)17-19-40(33,39)8/h9-12,16,29,31-34H,1,13-15,17-24H2,2-8H3,(H,42,45)(H,46,47)(H2,43,44,48). The van der Waals surface area contributed by atoms with E-state index in [0.29, 0.717) is 48.2 Å². The average molecular weight is 658 g/mol. The van der Waals surface area contributed by atoms with Gasteiger partial charge in [-0.2, -0.15) is 0 Å². The number of rotatable bonds is 7. The van der Waals surface area contributed by atoms with Crippen molar-refractivity contribution >= 4 is 23.5 Å². The summed E-state index contributed by atoms with van der Waals surface area (Å²) in [6, 6.07) is 7.39. The van der Waals surface area contributed by atoms with Crippen molar-refractivity contribution < 1.29 is 19.5 Å². The van der Waals surface area contributed by atoms with E-state index in [1.807, 2.05) is 12.1 Å². The SMILES string of the molecule is C=C(C)C1CCC2(NC(=O)NCCNC(C)=O)CCC3(C)C(CCC4C5(C)CC=C(c6ccc(C(=O)O)cc6)C(C)(C)C5CCC43C)C12. The summed E-state index contributed by atoms with van der Waals surface area (Å²) in [5.74, 6) is 1.49. The molecule has 0 aromatic heterocycles. The number of carbonyl (C=O) groups excluding carboxylic acids is 2. The molecular formula is C41H59N3O4. The molecule has 4 N–H and O–H groups in total. The average Bonchev–Trinajstić information content (AvgIpc) is 3.39. The molecule has 48 heavy (non-hydrogen) atoms. The van der Waals surface area contributed by atoms with Crippen molar-refractivity contribution in [1.82, 2.24) is 16.0 Å². The van der Waals surface area contributed by atoms with Crippen molar-refractivity contribution in [2.75, 3.05) is 13.1 Å². The van der Waals surface area contributed by atoms with Crippen LogP contribution >= 0.6 is 0 Å². The number of hydrogen-bond acceptors (Lipinski definition) is 3. The summed E-state index contributed by atoms with van der Waals surface area (Å²) in [6.45, 7) is 21.8. The number of aromatic carboxylic acids is 1. The van der Waals surface area contributed by atoms with Crippen LogP contribution in [0.2, 0.25) is 0 Å². The fourth-order valence-corrected chi connectivity index (χ4v) is 12.9. The highest BCUT2D eigenvalue weighted by Crippen LogP contribution is 2.76. The van der Waals surface area contributed by atoms with Gasteiger partial charge in [-0.25, -0.2) is 9.59 Å². The zero-order valence-corrected chi connectivity index (χ0v) is 30.4. The molecule has 9 atom stereocenters. The van der Waals surface area contributed by atoms with Gasteiger partial charge >= 0.3 is 12.0 Å². The van der Waals surface area contributed by atoms with Gasteiger partial charge in [0, 0.05) is 25.6 Å². The molecule has 1 aromatic carbocycles. The second-order valence-electron chi connectivity index (χ2n) is 17.6. The van der Waals surface area contributed by atoms with Crippen LogP contribution in [0, 0.1) is 51.2 Å². The van der Waals surface area contributed by atoms with Gasteiger partial charge in [-0.1, -0.05) is 65.0 Å². The molecule has 3 amide bonds. The minimum Gasteiger partial charge on any atom is -0.478 e. The predicted octanol–water partition coefficient (Wildman–Crippen LogP) is 8.22. The zero-order chi connectivity index (χ0) is 34.9. The number of carbonyl (C=O) groups is 3. The first kappa shape index (κ1) is 34.8. The van der Waals surface area contributed by atoms with Crippen LogP contribution < -0.4 is 16.0 Å². The van der Waals surface area contributed by atoms with Crippen LogP contribution in [0.25, 0.3) is 5.57 Å². The normalized spacial score (nSPS) is 39.4. The minimum atomic E-state index is -0.883. The molecule has 9 unspecified atom stereocenters. The van der Waals surface area contributed by atoms with Crippen molar-refractivity contribution in [2.45, 2.75) is 112 Å². The van der Waals surface area contributed by atoms with Gasteiger partial charge in [0.05, 0.1) is 5.56 Å². The van der Waals surface area contributed by atoms with Crippen molar-refractivity contribution in [3.8, 4) is 0 Å². The molecule has 0 aliphatic heterocycles. The molecule has 5 aliphatic rings. The molecule has 4 fully saturated rings.